The molecule has 0 aliphatic rings. The van der Waals surface area contributed by atoms with Crippen molar-refractivity contribution >= 4 is 11.6 Å². The fourth-order valence-corrected chi connectivity index (χ4v) is 1.80. The van der Waals surface area contributed by atoms with E-state index in [0.29, 0.717) is 30.6 Å². The highest BCUT2D eigenvalue weighted by Crippen LogP contribution is 2.24. The van der Waals surface area contributed by atoms with Gasteiger partial charge in [0.25, 0.3) is 0 Å². The Bertz CT molecular complexity index is 336. The first-order chi connectivity index (χ1) is 7.57. The Kier molecular flexibility index (Phi) is 5.22. The minimum Gasteiger partial charge on any atom is -0.312 e. The van der Waals surface area contributed by atoms with Gasteiger partial charge in [0.05, 0.1) is 12.4 Å². The van der Waals surface area contributed by atoms with Crippen LogP contribution in [0.4, 0.5) is 4.39 Å². The van der Waals surface area contributed by atoms with Crippen molar-refractivity contribution in [1.29, 1.82) is 0 Å². The van der Waals surface area contributed by atoms with Crippen LogP contribution < -0.4 is 5.32 Å². The first-order valence-electron chi connectivity index (χ1n) is 5.55. The van der Waals surface area contributed by atoms with E-state index >= 15 is 0 Å². The monoisotopic (exact) mass is 247 g/mol. The third-order valence-electron chi connectivity index (χ3n) is 2.44. The summed E-state index contributed by atoms with van der Waals surface area (Å²) in [5, 5.41) is 8.22. The molecule has 0 spiro atoms. The Morgan fingerprint density at radius 3 is 2.75 bits per heavy atom. The van der Waals surface area contributed by atoms with Gasteiger partial charge in [-0.15, -0.1) is 0 Å². The van der Waals surface area contributed by atoms with Crippen LogP contribution in [0, 0.1) is 0 Å². The molecule has 0 radical (unpaired) electrons. The molecule has 0 unspecified atom stereocenters. The molecule has 0 bridgehead atoms. The molecule has 3 nitrogen and oxygen atoms in total. The molecule has 1 rings (SSSR count). The molecular formula is C11H19ClFN3. The fourth-order valence-electron chi connectivity index (χ4n) is 1.60. The van der Waals surface area contributed by atoms with E-state index in [-0.39, 0.29) is 6.67 Å². The first kappa shape index (κ1) is 13.5. The summed E-state index contributed by atoms with van der Waals surface area (Å²) in [7, 11) is 1.83. The lowest BCUT2D eigenvalue weighted by molar-refractivity contribution is 0.459. The first-order valence-corrected chi connectivity index (χ1v) is 5.93. The van der Waals surface area contributed by atoms with Crippen LogP contribution in [0.15, 0.2) is 0 Å². The van der Waals surface area contributed by atoms with E-state index < -0.39 is 0 Å². The van der Waals surface area contributed by atoms with Gasteiger partial charge in [0.2, 0.25) is 0 Å². The molecule has 1 heterocycles. The molecule has 0 aliphatic carbocycles. The molecule has 1 aromatic rings. The van der Waals surface area contributed by atoms with Gasteiger partial charge < -0.3 is 5.32 Å². The third kappa shape index (κ3) is 3.19. The minimum atomic E-state index is -0.287. The SMILES string of the molecule is CC(C)c1nn(C)c(Cl)c1CNCCCF. The maximum atomic E-state index is 11.9. The molecule has 0 amide bonds. The molecular weight excluding hydrogens is 229 g/mol. The lowest BCUT2D eigenvalue weighted by Gasteiger charge is -2.06. The highest BCUT2D eigenvalue weighted by atomic mass is 35.5. The summed E-state index contributed by atoms with van der Waals surface area (Å²) in [4.78, 5) is 0. The van der Waals surface area contributed by atoms with Crippen LogP contribution in [0.25, 0.3) is 0 Å². The average Bonchev–Trinajstić information content (AvgIpc) is 2.52. The highest BCUT2D eigenvalue weighted by molar-refractivity contribution is 6.30. The standard InChI is InChI=1S/C11H19ClFN3/c1-8(2)10-9(7-14-6-4-5-13)11(12)16(3)15-10/h8,14H,4-7H2,1-3H3. The third-order valence-corrected chi connectivity index (χ3v) is 2.91. The molecule has 1 N–H and O–H groups in total. The van der Waals surface area contributed by atoms with E-state index in [1.165, 1.54) is 0 Å². The summed E-state index contributed by atoms with van der Waals surface area (Å²) in [5.41, 5.74) is 2.04. The quantitative estimate of drug-likeness (QED) is 0.784. The summed E-state index contributed by atoms with van der Waals surface area (Å²) < 4.78 is 13.6. The van der Waals surface area contributed by atoms with E-state index in [0.717, 1.165) is 11.3 Å². The van der Waals surface area contributed by atoms with Crippen LogP contribution in [-0.2, 0) is 13.6 Å². The summed E-state index contributed by atoms with van der Waals surface area (Å²) in [6, 6.07) is 0. The largest absolute Gasteiger partial charge is 0.312 e. The van der Waals surface area contributed by atoms with Crippen molar-refractivity contribution < 1.29 is 4.39 Å². The van der Waals surface area contributed by atoms with Crippen LogP contribution in [0.1, 0.15) is 37.4 Å². The van der Waals surface area contributed by atoms with Gasteiger partial charge in [-0.2, -0.15) is 5.10 Å². The van der Waals surface area contributed by atoms with Gasteiger partial charge in [-0.3, -0.25) is 9.07 Å². The van der Waals surface area contributed by atoms with E-state index in [9.17, 15) is 4.39 Å². The minimum absolute atomic E-state index is 0.287. The Morgan fingerprint density at radius 1 is 1.50 bits per heavy atom. The zero-order chi connectivity index (χ0) is 12.1. The molecule has 16 heavy (non-hydrogen) atoms. The van der Waals surface area contributed by atoms with Crippen LogP contribution >= 0.6 is 11.6 Å². The Labute approximate surface area is 101 Å². The highest BCUT2D eigenvalue weighted by Gasteiger charge is 2.16. The number of halogens is 2. The van der Waals surface area contributed by atoms with Crippen molar-refractivity contribution in [2.45, 2.75) is 32.7 Å². The molecule has 0 aliphatic heterocycles. The number of alkyl halides is 1. The molecule has 0 saturated carbocycles. The van der Waals surface area contributed by atoms with E-state index in [1.807, 2.05) is 7.05 Å². The van der Waals surface area contributed by atoms with Gasteiger partial charge >= 0.3 is 0 Å². The van der Waals surface area contributed by atoms with Crippen molar-refractivity contribution in [3.05, 3.63) is 16.4 Å². The summed E-state index contributed by atoms with van der Waals surface area (Å²) >= 11 is 6.16. The molecule has 92 valence electrons. The summed E-state index contributed by atoms with van der Waals surface area (Å²) in [5.74, 6) is 0.344. The summed E-state index contributed by atoms with van der Waals surface area (Å²) in [6.45, 7) is 5.21. The van der Waals surface area contributed by atoms with E-state index in [1.54, 1.807) is 4.68 Å². The molecule has 0 aromatic carbocycles. The number of hydrogen-bond acceptors (Lipinski definition) is 2. The van der Waals surface area contributed by atoms with Gasteiger partial charge in [-0.1, -0.05) is 25.4 Å². The molecule has 0 fully saturated rings. The smallest absolute Gasteiger partial charge is 0.131 e. The van der Waals surface area contributed by atoms with Crippen molar-refractivity contribution in [1.82, 2.24) is 15.1 Å². The number of hydrogen-bond donors (Lipinski definition) is 1. The van der Waals surface area contributed by atoms with Gasteiger partial charge in [-0.25, -0.2) is 0 Å². The number of nitrogens with zero attached hydrogens (tertiary/aromatic N) is 2. The number of aromatic nitrogens is 2. The predicted molar refractivity (Wildman–Crippen MR) is 64.6 cm³/mol. The molecule has 1 aromatic heterocycles. The lowest BCUT2D eigenvalue weighted by atomic mass is 10.1. The van der Waals surface area contributed by atoms with E-state index in [2.05, 4.69) is 24.3 Å². The zero-order valence-electron chi connectivity index (χ0n) is 10.1. The van der Waals surface area contributed by atoms with Crippen LogP contribution in [0.5, 0.6) is 0 Å². The zero-order valence-corrected chi connectivity index (χ0v) is 10.8. The summed E-state index contributed by atoms with van der Waals surface area (Å²) in [6.07, 6.45) is 0.537. The van der Waals surface area contributed by atoms with Crippen molar-refractivity contribution in [2.24, 2.45) is 7.05 Å². The molecule has 0 atom stereocenters. The second-order valence-corrected chi connectivity index (χ2v) is 4.51. The number of rotatable bonds is 6. The van der Waals surface area contributed by atoms with Gasteiger partial charge in [0.1, 0.15) is 5.15 Å². The van der Waals surface area contributed by atoms with Crippen LogP contribution in [0.2, 0.25) is 5.15 Å². The van der Waals surface area contributed by atoms with Gasteiger partial charge in [-0.05, 0) is 18.9 Å². The van der Waals surface area contributed by atoms with Crippen molar-refractivity contribution in [2.75, 3.05) is 13.2 Å². The second-order valence-electron chi connectivity index (χ2n) is 4.15. The predicted octanol–water partition coefficient (Wildman–Crippen LogP) is 2.65. The number of nitrogens with one attached hydrogen (secondary N) is 1. The Morgan fingerprint density at radius 2 is 2.19 bits per heavy atom. The van der Waals surface area contributed by atoms with Crippen LogP contribution in [0.3, 0.4) is 0 Å². The van der Waals surface area contributed by atoms with E-state index in [4.69, 9.17) is 11.6 Å². The maximum absolute atomic E-state index is 11.9. The second kappa shape index (κ2) is 6.21. The van der Waals surface area contributed by atoms with Crippen LogP contribution in [-0.4, -0.2) is 23.0 Å². The fraction of sp³-hybridized carbons (Fsp3) is 0.727. The average molecular weight is 248 g/mol. The van der Waals surface area contributed by atoms with Gasteiger partial charge in [0, 0.05) is 19.2 Å². The maximum Gasteiger partial charge on any atom is 0.131 e. The van der Waals surface area contributed by atoms with Crippen molar-refractivity contribution in [3.63, 3.8) is 0 Å². The topological polar surface area (TPSA) is 29.9 Å². The van der Waals surface area contributed by atoms with Crippen molar-refractivity contribution in [3.8, 4) is 0 Å². The number of aryl methyl sites for hydroxylation is 1. The normalized spacial score (nSPS) is 11.4. The Hall–Kier alpha value is -0.610. The Balaban J connectivity index is 2.69. The molecule has 5 heteroatoms. The lowest BCUT2D eigenvalue weighted by Crippen LogP contribution is -2.16. The van der Waals surface area contributed by atoms with Gasteiger partial charge in [0.15, 0.2) is 0 Å². The molecule has 0 saturated heterocycles.